The minimum absolute atomic E-state index is 0.114. The molecule has 0 heterocycles. The summed E-state index contributed by atoms with van der Waals surface area (Å²) in [5, 5.41) is 2.86. The van der Waals surface area contributed by atoms with Gasteiger partial charge in [-0.1, -0.05) is 29.8 Å². The number of rotatable bonds is 6. The van der Waals surface area contributed by atoms with E-state index in [1.54, 1.807) is 6.92 Å². The van der Waals surface area contributed by atoms with E-state index in [0.29, 0.717) is 18.2 Å². The highest BCUT2D eigenvalue weighted by Gasteiger charge is 2.17. The standard InChI is InChI=1S/C15H23BrN2O2/c1-9(2)8-18-15(19)11(4)20-14-6-5-12(16)7-13(14)10(3)17/h5-7,9-11H,8,17H2,1-4H3,(H,18,19)/t10-,11?/m1/s1. The monoisotopic (exact) mass is 342 g/mol. The van der Waals surface area contributed by atoms with Crippen LogP contribution in [0.25, 0.3) is 0 Å². The normalized spacial score (nSPS) is 13.9. The van der Waals surface area contributed by atoms with E-state index in [2.05, 4.69) is 35.1 Å². The van der Waals surface area contributed by atoms with Gasteiger partial charge in [-0.2, -0.15) is 0 Å². The molecule has 0 aliphatic carbocycles. The Kier molecular flexibility index (Phi) is 6.49. The first-order chi connectivity index (χ1) is 9.31. The number of nitrogens with two attached hydrogens (primary N) is 1. The number of carbonyl (C=O) groups is 1. The predicted molar refractivity (Wildman–Crippen MR) is 84.7 cm³/mol. The molecule has 5 heteroatoms. The molecule has 112 valence electrons. The second-order valence-corrected chi connectivity index (χ2v) is 6.29. The van der Waals surface area contributed by atoms with Crippen molar-refractivity contribution in [2.24, 2.45) is 11.7 Å². The molecule has 1 amide bonds. The van der Waals surface area contributed by atoms with Crippen molar-refractivity contribution in [1.29, 1.82) is 0 Å². The molecule has 0 aromatic heterocycles. The first-order valence-electron chi connectivity index (χ1n) is 6.80. The highest BCUT2D eigenvalue weighted by atomic mass is 79.9. The van der Waals surface area contributed by atoms with E-state index < -0.39 is 6.10 Å². The molecular weight excluding hydrogens is 320 g/mol. The Hall–Kier alpha value is -1.07. The lowest BCUT2D eigenvalue weighted by Gasteiger charge is -2.19. The van der Waals surface area contributed by atoms with Crippen LogP contribution in [0.3, 0.4) is 0 Å². The molecule has 1 rings (SSSR count). The number of hydrogen-bond acceptors (Lipinski definition) is 3. The smallest absolute Gasteiger partial charge is 0.260 e. The lowest BCUT2D eigenvalue weighted by atomic mass is 10.1. The molecule has 0 bridgehead atoms. The van der Waals surface area contributed by atoms with Gasteiger partial charge in [0.25, 0.3) is 5.91 Å². The van der Waals surface area contributed by atoms with E-state index in [-0.39, 0.29) is 11.9 Å². The molecule has 0 spiro atoms. The third-order valence-electron chi connectivity index (χ3n) is 2.82. The lowest BCUT2D eigenvalue weighted by molar-refractivity contribution is -0.127. The third-order valence-corrected chi connectivity index (χ3v) is 3.31. The van der Waals surface area contributed by atoms with Gasteiger partial charge in [0.2, 0.25) is 0 Å². The Morgan fingerprint density at radius 1 is 1.35 bits per heavy atom. The molecule has 3 N–H and O–H groups in total. The fourth-order valence-corrected chi connectivity index (χ4v) is 2.05. The molecule has 2 atom stereocenters. The molecule has 0 saturated heterocycles. The number of amides is 1. The Labute approximate surface area is 129 Å². The van der Waals surface area contributed by atoms with Crippen molar-refractivity contribution in [3.8, 4) is 5.75 Å². The average molecular weight is 343 g/mol. The van der Waals surface area contributed by atoms with Crippen molar-refractivity contribution >= 4 is 21.8 Å². The molecule has 1 unspecified atom stereocenters. The van der Waals surface area contributed by atoms with Gasteiger partial charge in [-0.05, 0) is 38.0 Å². The SMILES string of the molecule is CC(C)CNC(=O)C(C)Oc1ccc(Br)cc1[C@@H](C)N. The van der Waals surface area contributed by atoms with Crippen molar-refractivity contribution < 1.29 is 9.53 Å². The molecule has 20 heavy (non-hydrogen) atoms. The second kappa shape index (κ2) is 7.64. The Bertz CT molecular complexity index is 461. The quantitative estimate of drug-likeness (QED) is 0.835. The van der Waals surface area contributed by atoms with Crippen LogP contribution in [0.5, 0.6) is 5.75 Å². The first-order valence-corrected chi connectivity index (χ1v) is 7.60. The van der Waals surface area contributed by atoms with Gasteiger partial charge in [-0.15, -0.1) is 0 Å². The summed E-state index contributed by atoms with van der Waals surface area (Å²) in [6.07, 6.45) is -0.549. The second-order valence-electron chi connectivity index (χ2n) is 5.37. The summed E-state index contributed by atoms with van der Waals surface area (Å²) in [7, 11) is 0. The minimum Gasteiger partial charge on any atom is -0.481 e. The number of ether oxygens (including phenoxy) is 1. The van der Waals surface area contributed by atoms with Crippen LogP contribution in [-0.2, 0) is 4.79 Å². The van der Waals surface area contributed by atoms with Crippen molar-refractivity contribution in [3.63, 3.8) is 0 Å². The number of hydrogen-bond donors (Lipinski definition) is 2. The van der Waals surface area contributed by atoms with Gasteiger partial charge in [0.1, 0.15) is 5.75 Å². The van der Waals surface area contributed by atoms with Gasteiger partial charge in [0.15, 0.2) is 6.10 Å². The molecule has 1 aromatic rings. The zero-order valence-corrected chi connectivity index (χ0v) is 14.0. The largest absolute Gasteiger partial charge is 0.481 e. The van der Waals surface area contributed by atoms with Crippen LogP contribution in [0.1, 0.15) is 39.3 Å². The molecule has 0 aliphatic heterocycles. The number of carbonyl (C=O) groups excluding carboxylic acids is 1. The zero-order chi connectivity index (χ0) is 15.3. The van der Waals surface area contributed by atoms with E-state index in [0.717, 1.165) is 10.0 Å². The van der Waals surface area contributed by atoms with E-state index in [9.17, 15) is 4.79 Å². The minimum atomic E-state index is -0.549. The average Bonchev–Trinajstić information content (AvgIpc) is 2.37. The topological polar surface area (TPSA) is 64.3 Å². The van der Waals surface area contributed by atoms with E-state index >= 15 is 0 Å². The predicted octanol–water partition coefficient (Wildman–Crippen LogP) is 3.01. The van der Waals surface area contributed by atoms with Crippen LogP contribution in [0.2, 0.25) is 0 Å². The highest BCUT2D eigenvalue weighted by molar-refractivity contribution is 9.10. The number of halogens is 1. The van der Waals surface area contributed by atoms with Crippen molar-refractivity contribution in [2.45, 2.75) is 39.8 Å². The molecule has 0 aliphatic rings. The molecule has 1 aromatic carbocycles. The van der Waals surface area contributed by atoms with E-state index in [1.165, 1.54) is 0 Å². The fraction of sp³-hybridized carbons (Fsp3) is 0.533. The van der Waals surface area contributed by atoms with Gasteiger partial charge in [-0.3, -0.25) is 4.79 Å². The van der Waals surface area contributed by atoms with Crippen LogP contribution in [0.15, 0.2) is 22.7 Å². The summed E-state index contributed by atoms with van der Waals surface area (Å²) in [6.45, 7) is 8.37. The van der Waals surface area contributed by atoms with Crippen LogP contribution < -0.4 is 15.8 Å². The Morgan fingerprint density at radius 3 is 2.55 bits per heavy atom. The first kappa shape index (κ1) is 17.0. The maximum atomic E-state index is 11.9. The van der Waals surface area contributed by atoms with E-state index in [1.807, 2.05) is 25.1 Å². The summed E-state index contributed by atoms with van der Waals surface area (Å²) >= 11 is 3.41. The maximum Gasteiger partial charge on any atom is 0.260 e. The lowest BCUT2D eigenvalue weighted by Crippen LogP contribution is -2.38. The van der Waals surface area contributed by atoms with Gasteiger partial charge < -0.3 is 15.8 Å². The van der Waals surface area contributed by atoms with Crippen LogP contribution in [0, 0.1) is 5.92 Å². The molecule has 0 radical (unpaired) electrons. The molecule has 0 fully saturated rings. The summed E-state index contributed by atoms with van der Waals surface area (Å²) in [6, 6.07) is 5.46. The van der Waals surface area contributed by atoms with Gasteiger partial charge in [0, 0.05) is 22.6 Å². The Morgan fingerprint density at radius 2 is 2.00 bits per heavy atom. The maximum absolute atomic E-state index is 11.9. The van der Waals surface area contributed by atoms with Crippen LogP contribution in [-0.4, -0.2) is 18.6 Å². The van der Waals surface area contributed by atoms with Gasteiger partial charge in [-0.25, -0.2) is 0 Å². The number of nitrogens with one attached hydrogen (secondary N) is 1. The Balaban J connectivity index is 2.75. The molecular formula is C15H23BrN2O2. The third kappa shape index (κ3) is 5.13. The van der Waals surface area contributed by atoms with Crippen molar-refractivity contribution in [1.82, 2.24) is 5.32 Å². The van der Waals surface area contributed by atoms with Gasteiger partial charge in [0.05, 0.1) is 0 Å². The van der Waals surface area contributed by atoms with E-state index in [4.69, 9.17) is 10.5 Å². The summed E-state index contributed by atoms with van der Waals surface area (Å²) in [5.41, 5.74) is 6.81. The van der Waals surface area contributed by atoms with Crippen molar-refractivity contribution in [3.05, 3.63) is 28.2 Å². The zero-order valence-electron chi connectivity index (χ0n) is 12.4. The molecule has 4 nitrogen and oxygen atoms in total. The van der Waals surface area contributed by atoms with Gasteiger partial charge >= 0.3 is 0 Å². The van der Waals surface area contributed by atoms with Crippen molar-refractivity contribution in [2.75, 3.05) is 6.54 Å². The highest BCUT2D eigenvalue weighted by Crippen LogP contribution is 2.28. The van der Waals surface area contributed by atoms with Crippen LogP contribution >= 0.6 is 15.9 Å². The summed E-state index contributed by atoms with van der Waals surface area (Å²) in [5.74, 6) is 0.950. The molecule has 0 saturated carbocycles. The van der Waals surface area contributed by atoms with Crippen LogP contribution in [0.4, 0.5) is 0 Å². The summed E-state index contributed by atoms with van der Waals surface area (Å²) in [4.78, 5) is 11.9. The summed E-state index contributed by atoms with van der Waals surface area (Å²) < 4.78 is 6.68. The fourth-order valence-electron chi connectivity index (χ4n) is 1.67. The number of benzene rings is 1.